The van der Waals surface area contributed by atoms with E-state index in [1.165, 1.54) is 11.1 Å². The van der Waals surface area contributed by atoms with Crippen molar-refractivity contribution < 1.29 is 23.8 Å². The van der Waals surface area contributed by atoms with Crippen LogP contribution in [0.4, 0.5) is 0 Å². The average molecular weight is 624 g/mol. The summed E-state index contributed by atoms with van der Waals surface area (Å²) >= 11 is 0. The van der Waals surface area contributed by atoms with Crippen molar-refractivity contribution in [2.45, 2.75) is 84.8 Å². The molecule has 2 aliphatic heterocycles. The van der Waals surface area contributed by atoms with Crippen LogP contribution in [0.25, 0.3) is 0 Å². The number of hydrogen-bond acceptors (Lipinski definition) is 7. The molecule has 0 N–H and O–H groups in total. The summed E-state index contributed by atoms with van der Waals surface area (Å²) in [6.45, 7) is 10.5. The number of allylic oxidation sites excluding steroid dienone is 5. The molecule has 8 rings (SSSR count). The van der Waals surface area contributed by atoms with E-state index in [-0.39, 0.29) is 41.7 Å². The summed E-state index contributed by atoms with van der Waals surface area (Å²) in [5.41, 5.74) is 2.19. The van der Waals surface area contributed by atoms with Crippen molar-refractivity contribution >= 4 is 11.6 Å². The van der Waals surface area contributed by atoms with Gasteiger partial charge in [0.25, 0.3) is 0 Å². The second-order valence-electron chi connectivity index (χ2n) is 15.4. The largest absolute Gasteiger partial charge is 0.483 e. The van der Waals surface area contributed by atoms with Gasteiger partial charge < -0.3 is 14.2 Å². The molecule has 242 valence electrons. The molecule has 0 unspecified atom stereocenters. The molecular weight excluding hydrogens is 578 g/mol. The maximum Gasteiger partial charge on any atom is 0.220 e. The molecular formula is C38H45N3O5. The minimum atomic E-state index is -0.404. The maximum absolute atomic E-state index is 13.2. The molecule has 10 atom stereocenters. The molecule has 2 saturated heterocycles. The quantitative estimate of drug-likeness (QED) is 0.340. The van der Waals surface area contributed by atoms with Crippen molar-refractivity contribution in [3.8, 4) is 0 Å². The Labute approximate surface area is 271 Å². The molecule has 8 heteroatoms. The monoisotopic (exact) mass is 623 g/mol. The topological polar surface area (TPSA) is 92.5 Å². The number of benzene rings is 1. The minimum absolute atomic E-state index is 0.0411. The fourth-order valence-electron chi connectivity index (χ4n) is 10.4. The van der Waals surface area contributed by atoms with Gasteiger partial charge in [-0.15, -0.1) is 5.10 Å². The van der Waals surface area contributed by atoms with E-state index in [0.29, 0.717) is 52.5 Å². The number of ether oxygens (including phenoxy) is 3. The molecule has 46 heavy (non-hydrogen) atoms. The highest BCUT2D eigenvalue weighted by atomic mass is 16.7. The maximum atomic E-state index is 13.2. The Balaban J connectivity index is 0.975. The normalized spacial score (nSPS) is 40.9. The van der Waals surface area contributed by atoms with Gasteiger partial charge in [0.05, 0.1) is 18.9 Å². The second kappa shape index (κ2) is 10.8. The lowest BCUT2D eigenvalue weighted by atomic mass is 9.49. The van der Waals surface area contributed by atoms with Crippen LogP contribution in [0.2, 0.25) is 0 Å². The van der Waals surface area contributed by atoms with Gasteiger partial charge in [0.15, 0.2) is 17.3 Å². The van der Waals surface area contributed by atoms with Crippen LogP contribution >= 0.6 is 0 Å². The predicted molar refractivity (Wildman–Crippen MR) is 171 cm³/mol. The first-order valence-corrected chi connectivity index (χ1v) is 17.2. The zero-order valence-electron chi connectivity index (χ0n) is 27.4. The van der Waals surface area contributed by atoms with Crippen molar-refractivity contribution in [3.63, 3.8) is 0 Å². The summed E-state index contributed by atoms with van der Waals surface area (Å²) in [6.07, 6.45) is 15.9. The average Bonchev–Trinajstić information content (AvgIpc) is 3.70. The zero-order valence-corrected chi connectivity index (χ0v) is 27.4. The fraction of sp³-hybridized carbons (Fsp3) is 0.579. The van der Waals surface area contributed by atoms with E-state index in [1.54, 1.807) is 24.4 Å². The van der Waals surface area contributed by atoms with Gasteiger partial charge >= 0.3 is 0 Å². The highest BCUT2D eigenvalue weighted by Gasteiger charge is 2.68. The number of ketones is 2. The third-order valence-corrected chi connectivity index (χ3v) is 12.8. The standard InChI is InChI=1S/C38H45N3O5/c1-23-12-15-38(45-21-23)24(2)35-33(46-38)17-30-28-11-10-26-16-31(42)34(18-37(26,4)29(28)13-14-36(30,35)3)44-22-27-19-41(40-39-27)20-32(43)25-8-6-5-7-9-25/h5-11,16,18-19,23-24,28-30,33,35H,12-15,17,20-22H2,1-4H3/t23-,24+,28-,29+,30+,33+,35+,36+,37+,38-/m1/s1. The molecule has 1 aromatic carbocycles. The van der Waals surface area contributed by atoms with Crippen LogP contribution in [0.5, 0.6) is 0 Å². The highest BCUT2D eigenvalue weighted by molar-refractivity contribution is 6.04. The van der Waals surface area contributed by atoms with E-state index in [1.807, 2.05) is 18.2 Å². The molecule has 4 aliphatic carbocycles. The van der Waals surface area contributed by atoms with Crippen molar-refractivity contribution in [1.29, 1.82) is 0 Å². The lowest BCUT2D eigenvalue weighted by Crippen LogP contribution is -2.51. The lowest BCUT2D eigenvalue weighted by Gasteiger charge is -2.55. The summed E-state index contributed by atoms with van der Waals surface area (Å²) < 4.78 is 21.1. The first kappa shape index (κ1) is 30.0. The Morgan fingerprint density at radius 3 is 2.72 bits per heavy atom. The van der Waals surface area contributed by atoms with Crippen molar-refractivity contribution in [1.82, 2.24) is 15.0 Å². The van der Waals surface area contributed by atoms with Gasteiger partial charge in [-0.05, 0) is 78.4 Å². The number of hydrogen-bond donors (Lipinski definition) is 0. The number of aromatic nitrogens is 3. The molecule has 8 nitrogen and oxygen atoms in total. The highest BCUT2D eigenvalue weighted by Crippen LogP contribution is 2.69. The molecule has 1 aromatic heterocycles. The summed E-state index contributed by atoms with van der Waals surface area (Å²) in [7, 11) is 0. The van der Waals surface area contributed by atoms with E-state index in [4.69, 9.17) is 14.2 Å². The van der Waals surface area contributed by atoms with Crippen LogP contribution in [0.15, 0.2) is 72.2 Å². The zero-order chi connectivity index (χ0) is 31.8. The van der Waals surface area contributed by atoms with Gasteiger partial charge in [-0.3, -0.25) is 9.59 Å². The van der Waals surface area contributed by atoms with Crippen LogP contribution < -0.4 is 0 Å². The first-order valence-electron chi connectivity index (χ1n) is 17.2. The smallest absolute Gasteiger partial charge is 0.220 e. The van der Waals surface area contributed by atoms with Gasteiger partial charge in [-0.1, -0.05) is 75.4 Å². The summed E-state index contributed by atoms with van der Waals surface area (Å²) in [4.78, 5) is 25.8. The number of fused-ring (bicyclic) bond motifs is 7. The first-order chi connectivity index (χ1) is 22.1. The molecule has 4 fully saturated rings. The molecule has 2 aromatic rings. The third-order valence-electron chi connectivity index (χ3n) is 12.8. The third kappa shape index (κ3) is 4.61. The van der Waals surface area contributed by atoms with Gasteiger partial charge in [0, 0.05) is 23.3 Å². The van der Waals surface area contributed by atoms with E-state index in [2.05, 4.69) is 56.2 Å². The van der Waals surface area contributed by atoms with E-state index in [9.17, 15) is 9.59 Å². The van der Waals surface area contributed by atoms with Gasteiger partial charge in [-0.25, -0.2) is 4.68 Å². The summed E-state index contributed by atoms with van der Waals surface area (Å²) in [5, 5.41) is 8.32. The van der Waals surface area contributed by atoms with Crippen molar-refractivity contribution in [3.05, 3.63) is 83.4 Å². The SMILES string of the molecule is C[C@@H]1CC[C@@]2(OC1)O[C@H]1C[C@H]3[C@@H]4C=CC5=CC(=O)C(OCc6cn(CC(=O)c7ccccc7)nn6)=C[C@]5(C)[C@H]4CC[C@]3(C)[C@H]1[C@@H]2C. The Morgan fingerprint density at radius 2 is 1.93 bits per heavy atom. The molecule has 0 radical (unpaired) electrons. The molecule has 6 aliphatic rings. The van der Waals surface area contributed by atoms with Crippen LogP contribution in [-0.2, 0) is 32.2 Å². The fourth-order valence-corrected chi connectivity index (χ4v) is 10.4. The van der Waals surface area contributed by atoms with E-state index < -0.39 is 5.79 Å². The van der Waals surface area contributed by atoms with E-state index in [0.717, 1.165) is 37.9 Å². The molecule has 1 spiro atoms. The number of carbonyl (C=O) groups is 2. The van der Waals surface area contributed by atoms with Crippen LogP contribution in [0, 0.1) is 46.3 Å². The summed E-state index contributed by atoms with van der Waals surface area (Å²) in [6, 6.07) is 9.15. The van der Waals surface area contributed by atoms with Crippen LogP contribution in [0.1, 0.15) is 75.9 Å². The van der Waals surface area contributed by atoms with Crippen molar-refractivity contribution in [2.75, 3.05) is 6.61 Å². The van der Waals surface area contributed by atoms with Crippen LogP contribution in [-0.4, -0.2) is 45.1 Å². The lowest BCUT2D eigenvalue weighted by molar-refractivity contribution is -0.272. The number of nitrogens with zero attached hydrogens (tertiary/aromatic N) is 3. The van der Waals surface area contributed by atoms with Gasteiger partial charge in [0.1, 0.15) is 18.8 Å². The summed E-state index contributed by atoms with van der Waals surface area (Å²) in [5.74, 6) is 2.63. The van der Waals surface area contributed by atoms with Crippen molar-refractivity contribution in [2.24, 2.45) is 46.3 Å². The Hall–Kier alpha value is -3.36. The molecule has 3 heterocycles. The Kier molecular flexibility index (Phi) is 7.07. The number of Topliss-reactive ketones (excluding diaryl/α,β-unsaturated/α-hetero) is 1. The molecule has 0 bridgehead atoms. The van der Waals surface area contributed by atoms with Gasteiger partial charge in [-0.2, -0.15) is 0 Å². The van der Waals surface area contributed by atoms with E-state index >= 15 is 0 Å². The molecule has 0 amide bonds. The minimum Gasteiger partial charge on any atom is -0.483 e. The molecule has 2 saturated carbocycles. The number of rotatable bonds is 6. The Bertz CT molecular complexity index is 1630. The Morgan fingerprint density at radius 1 is 1.11 bits per heavy atom. The van der Waals surface area contributed by atoms with Gasteiger partial charge in [0.2, 0.25) is 5.78 Å². The predicted octanol–water partition coefficient (Wildman–Crippen LogP) is 6.49. The second-order valence-corrected chi connectivity index (χ2v) is 15.4. The number of carbonyl (C=O) groups excluding carboxylic acids is 2. The van der Waals surface area contributed by atoms with Crippen LogP contribution in [0.3, 0.4) is 0 Å².